The van der Waals surface area contributed by atoms with Crippen molar-refractivity contribution >= 4 is 10.0 Å². The van der Waals surface area contributed by atoms with E-state index in [-0.39, 0.29) is 6.04 Å². The highest BCUT2D eigenvalue weighted by molar-refractivity contribution is 7.89. The number of nitrogens with zero attached hydrogens (tertiary/aromatic N) is 1. The second kappa shape index (κ2) is 5.84. The summed E-state index contributed by atoms with van der Waals surface area (Å²) >= 11 is 0. The van der Waals surface area contributed by atoms with Gasteiger partial charge in [-0.3, -0.25) is 0 Å². The molecule has 1 heterocycles. The van der Waals surface area contributed by atoms with Crippen LogP contribution in [0.15, 0.2) is 23.1 Å². The van der Waals surface area contributed by atoms with Crippen LogP contribution in [0.2, 0.25) is 0 Å². The third-order valence-electron chi connectivity index (χ3n) is 4.28. The van der Waals surface area contributed by atoms with E-state index in [4.69, 9.17) is 5.73 Å². The second-order valence-corrected chi connectivity index (χ2v) is 7.70. The first-order valence-electron chi connectivity index (χ1n) is 7.18. The number of hydrogen-bond donors (Lipinski definition) is 1. The molecule has 1 aromatic rings. The molecule has 1 aromatic carbocycles. The van der Waals surface area contributed by atoms with Crippen LogP contribution in [0.25, 0.3) is 0 Å². The summed E-state index contributed by atoms with van der Waals surface area (Å²) in [6.07, 6.45) is 1.86. The lowest BCUT2D eigenvalue weighted by molar-refractivity contribution is 0.220. The Morgan fingerprint density at radius 1 is 1.35 bits per heavy atom. The molecule has 0 amide bonds. The first kappa shape index (κ1) is 15.5. The van der Waals surface area contributed by atoms with E-state index in [1.54, 1.807) is 16.4 Å². The van der Waals surface area contributed by atoms with Crippen LogP contribution in [0.1, 0.15) is 37.8 Å². The number of nitrogens with two attached hydrogens (primary N) is 1. The first-order chi connectivity index (χ1) is 9.37. The maximum Gasteiger partial charge on any atom is 0.243 e. The third-order valence-corrected chi connectivity index (χ3v) is 6.44. The van der Waals surface area contributed by atoms with Crippen LogP contribution in [-0.4, -0.2) is 25.3 Å². The van der Waals surface area contributed by atoms with Crippen molar-refractivity contribution in [2.45, 2.75) is 51.1 Å². The lowest BCUT2D eigenvalue weighted by Crippen LogP contribution is -2.44. The highest BCUT2D eigenvalue weighted by Crippen LogP contribution is 2.30. The molecule has 0 bridgehead atoms. The summed E-state index contributed by atoms with van der Waals surface area (Å²) in [5.74, 6) is 0.591. The van der Waals surface area contributed by atoms with Crippen molar-refractivity contribution in [3.8, 4) is 0 Å². The van der Waals surface area contributed by atoms with Gasteiger partial charge in [0.15, 0.2) is 0 Å². The molecule has 0 spiro atoms. The Hall–Kier alpha value is -0.910. The first-order valence-corrected chi connectivity index (χ1v) is 8.62. The Bertz CT molecular complexity index is 584. The van der Waals surface area contributed by atoms with Crippen LogP contribution in [-0.2, 0) is 16.6 Å². The molecule has 0 saturated carbocycles. The van der Waals surface area contributed by atoms with Gasteiger partial charge in [-0.1, -0.05) is 19.1 Å². The summed E-state index contributed by atoms with van der Waals surface area (Å²) in [6, 6.07) is 5.41. The van der Waals surface area contributed by atoms with Crippen molar-refractivity contribution < 1.29 is 8.42 Å². The fourth-order valence-electron chi connectivity index (χ4n) is 3.03. The zero-order chi connectivity index (χ0) is 14.9. The molecule has 20 heavy (non-hydrogen) atoms. The molecule has 0 radical (unpaired) electrons. The van der Waals surface area contributed by atoms with Gasteiger partial charge in [0.2, 0.25) is 10.0 Å². The highest BCUT2D eigenvalue weighted by atomic mass is 32.2. The Kier molecular flexibility index (Phi) is 4.52. The average Bonchev–Trinajstić information content (AvgIpc) is 2.38. The van der Waals surface area contributed by atoms with Crippen LogP contribution < -0.4 is 5.73 Å². The van der Waals surface area contributed by atoms with Gasteiger partial charge < -0.3 is 5.73 Å². The molecule has 1 fully saturated rings. The Morgan fingerprint density at radius 2 is 2.05 bits per heavy atom. The van der Waals surface area contributed by atoms with Gasteiger partial charge in [-0.15, -0.1) is 0 Å². The Labute approximate surface area is 122 Å². The largest absolute Gasteiger partial charge is 0.326 e. The lowest BCUT2D eigenvalue weighted by atomic mass is 9.95. The van der Waals surface area contributed by atoms with Gasteiger partial charge >= 0.3 is 0 Å². The quantitative estimate of drug-likeness (QED) is 0.930. The minimum absolute atomic E-state index is 0.0599. The van der Waals surface area contributed by atoms with Crippen molar-refractivity contribution in [2.24, 2.45) is 11.7 Å². The van der Waals surface area contributed by atoms with Gasteiger partial charge in [-0.2, -0.15) is 4.31 Å². The summed E-state index contributed by atoms with van der Waals surface area (Å²) in [5, 5.41) is 0. The van der Waals surface area contributed by atoms with E-state index < -0.39 is 10.0 Å². The van der Waals surface area contributed by atoms with Crippen LogP contribution in [0, 0.1) is 12.8 Å². The number of sulfonamides is 1. The molecule has 0 aliphatic carbocycles. The fourth-order valence-corrected chi connectivity index (χ4v) is 4.96. The molecular formula is C15H24N2O2S. The lowest BCUT2D eigenvalue weighted by Gasteiger charge is -2.35. The maximum atomic E-state index is 12.9. The van der Waals surface area contributed by atoms with Crippen molar-refractivity contribution in [1.29, 1.82) is 0 Å². The molecule has 2 atom stereocenters. The molecular weight excluding hydrogens is 272 g/mol. The molecule has 1 aliphatic rings. The van der Waals surface area contributed by atoms with Crippen molar-refractivity contribution in [2.75, 3.05) is 6.54 Å². The SMILES string of the molecule is Cc1c(CN)cccc1S(=O)(=O)N1CCC(C)CC1C. The number of piperidine rings is 1. The van der Waals surface area contributed by atoms with Crippen molar-refractivity contribution in [1.82, 2.24) is 4.31 Å². The standard InChI is InChI=1S/C15H24N2O2S/c1-11-7-8-17(12(2)9-11)20(18,19)15-6-4-5-14(10-16)13(15)3/h4-6,11-12H,7-10,16H2,1-3H3. The van der Waals surface area contributed by atoms with Crippen LogP contribution in [0.4, 0.5) is 0 Å². The smallest absolute Gasteiger partial charge is 0.243 e. The van der Waals surface area contributed by atoms with Gasteiger partial charge in [0.25, 0.3) is 0 Å². The van der Waals surface area contributed by atoms with E-state index in [1.165, 1.54) is 0 Å². The number of benzene rings is 1. The maximum absolute atomic E-state index is 12.9. The van der Waals surface area contributed by atoms with E-state index in [9.17, 15) is 8.42 Å². The van der Waals surface area contributed by atoms with Crippen LogP contribution >= 0.6 is 0 Å². The van der Waals surface area contributed by atoms with Gasteiger partial charge in [-0.05, 0) is 49.8 Å². The van der Waals surface area contributed by atoms with E-state index in [0.29, 0.717) is 23.9 Å². The summed E-state index contributed by atoms with van der Waals surface area (Å²) in [4.78, 5) is 0.404. The van der Waals surface area contributed by atoms with Gasteiger partial charge in [0.05, 0.1) is 4.90 Å². The fraction of sp³-hybridized carbons (Fsp3) is 0.600. The van der Waals surface area contributed by atoms with Crippen molar-refractivity contribution in [3.05, 3.63) is 29.3 Å². The van der Waals surface area contributed by atoms with Crippen LogP contribution in [0.5, 0.6) is 0 Å². The monoisotopic (exact) mass is 296 g/mol. The minimum Gasteiger partial charge on any atom is -0.326 e. The Morgan fingerprint density at radius 3 is 2.65 bits per heavy atom. The van der Waals surface area contributed by atoms with Crippen molar-refractivity contribution in [3.63, 3.8) is 0 Å². The summed E-state index contributed by atoms with van der Waals surface area (Å²) < 4.78 is 27.4. The predicted molar refractivity (Wildman–Crippen MR) is 80.8 cm³/mol. The highest BCUT2D eigenvalue weighted by Gasteiger charge is 2.34. The zero-order valence-electron chi connectivity index (χ0n) is 12.5. The minimum atomic E-state index is -3.42. The number of rotatable bonds is 3. The van der Waals surface area contributed by atoms with Gasteiger partial charge in [0, 0.05) is 19.1 Å². The zero-order valence-corrected chi connectivity index (χ0v) is 13.3. The van der Waals surface area contributed by atoms with Crippen LogP contribution in [0.3, 0.4) is 0 Å². The second-order valence-electron chi connectivity index (χ2n) is 5.84. The molecule has 2 rings (SSSR count). The molecule has 5 heteroatoms. The molecule has 112 valence electrons. The summed E-state index contributed by atoms with van der Waals surface area (Å²) in [5.41, 5.74) is 7.35. The van der Waals surface area contributed by atoms with E-state index in [2.05, 4.69) is 6.92 Å². The Balaban J connectivity index is 2.40. The van der Waals surface area contributed by atoms with E-state index >= 15 is 0 Å². The van der Waals surface area contributed by atoms with E-state index in [1.807, 2.05) is 19.9 Å². The average molecular weight is 296 g/mol. The predicted octanol–water partition coefficient (Wildman–Crippen LogP) is 2.26. The van der Waals surface area contributed by atoms with Gasteiger partial charge in [-0.25, -0.2) is 8.42 Å². The van der Waals surface area contributed by atoms with E-state index in [0.717, 1.165) is 24.0 Å². The molecule has 1 saturated heterocycles. The van der Waals surface area contributed by atoms with Gasteiger partial charge in [0.1, 0.15) is 0 Å². The molecule has 1 aliphatic heterocycles. The molecule has 2 N–H and O–H groups in total. The molecule has 2 unspecified atom stereocenters. The third kappa shape index (κ3) is 2.75. The normalized spacial score (nSPS) is 24.8. The summed E-state index contributed by atoms with van der Waals surface area (Å²) in [7, 11) is -3.42. The topological polar surface area (TPSA) is 63.4 Å². The molecule has 0 aromatic heterocycles. The molecule has 4 nitrogen and oxygen atoms in total. The summed E-state index contributed by atoms with van der Waals surface area (Å²) in [6.45, 7) is 6.99. The number of hydrogen-bond acceptors (Lipinski definition) is 3.